The molecule has 7 heteroatoms. The maximum atomic E-state index is 13.7. The molecule has 0 unspecified atom stereocenters. The van der Waals surface area contributed by atoms with Gasteiger partial charge in [-0.2, -0.15) is 13.2 Å². The number of hydrogen-bond donors (Lipinski definition) is 1. The molecular formula is C26H16F3N3S. The third-order valence-electron chi connectivity index (χ3n) is 5.11. The van der Waals surface area contributed by atoms with Crippen LogP contribution in [-0.4, -0.2) is 9.97 Å². The Labute approximate surface area is 192 Å². The molecule has 2 heterocycles. The first-order chi connectivity index (χ1) is 15.9. The van der Waals surface area contributed by atoms with Crippen molar-refractivity contribution in [2.45, 2.75) is 6.18 Å². The number of nitrogens with zero attached hydrogens (tertiary/aromatic N) is 2. The number of halogens is 3. The normalized spacial score (nSPS) is 13.7. The fraction of sp³-hybridized carbons (Fsp3) is 0.0385. The van der Waals surface area contributed by atoms with Gasteiger partial charge in [0, 0.05) is 21.4 Å². The summed E-state index contributed by atoms with van der Waals surface area (Å²) in [4.78, 5) is 9.98. The summed E-state index contributed by atoms with van der Waals surface area (Å²) in [6.45, 7) is 3.99. The van der Waals surface area contributed by atoms with Crippen molar-refractivity contribution in [3.05, 3.63) is 112 Å². The molecule has 33 heavy (non-hydrogen) atoms. The van der Waals surface area contributed by atoms with Crippen LogP contribution in [0.5, 0.6) is 0 Å². The van der Waals surface area contributed by atoms with Gasteiger partial charge in [0.15, 0.2) is 5.82 Å². The molecule has 0 atom stereocenters. The predicted molar refractivity (Wildman–Crippen MR) is 127 cm³/mol. The minimum Gasteiger partial charge on any atom is -0.333 e. The summed E-state index contributed by atoms with van der Waals surface area (Å²) in [7, 11) is 0. The van der Waals surface area contributed by atoms with Crippen LogP contribution in [-0.2, 0) is 6.18 Å². The molecule has 1 aliphatic rings. The van der Waals surface area contributed by atoms with Crippen molar-refractivity contribution in [2.75, 3.05) is 5.32 Å². The number of rotatable bonds is 4. The Hall–Kier alpha value is -3.93. The minimum absolute atomic E-state index is 0.00410. The molecule has 0 amide bonds. The van der Waals surface area contributed by atoms with Gasteiger partial charge in [-0.15, -0.1) is 11.3 Å². The number of nitrogens with one attached hydrogen (secondary N) is 1. The molecule has 1 aliphatic carbocycles. The predicted octanol–water partition coefficient (Wildman–Crippen LogP) is 7.48. The van der Waals surface area contributed by atoms with Gasteiger partial charge >= 0.3 is 6.18 Å². The summed E-state index contributed by atoms with van der Waals surface area (Å²) >= 11 is 1.57. The summed E-state index contributed by atoms with van der Waals surface area (Å²) in [6.07, 6.45) is -0.833. The fourth-order valence-corrected chi connectivity index (χ4v) is 4.36. The second kappa shape index (κ2) is 8.20. The Kier molecular flexibility index (Phi) is 5.21. The molecule has 1 N–H and O–H groups in total. The van der Waals surface area contributed by atoms with Gasteiger partial charge in [0.1, 0.15) is 5.82 Å². The molecule has 2 aromatic heterocycles. The summed E-state index contributed by atoms with van der Waals surface area (Å²) in [5.41, 5.74) is 5.22. The van der Waals surface area contributed by atoms with Gasteiger partial charge in [-0.3, -0.25) is 0 Å². The van der Waals surface area contributed by atoms with E-state index in [2.05, 4.69) is 27.6 Å². The first-order valence-corrected chi connectivity index (χ1v) is 10.9. The summed E-state index contributed by atoms with van der Waals surface area (Å²) in [5, 5.41) is 5.95. The quantitative estimate of drug-likeness (QED) is 0.322. The molecular weight excluding hydrogens is 443 g/mol. The first-order valence-electron chi connectivity index (χ1n) is 10.0. The van der Waals surface area contributed by atoms with Crippen molar-refractivity contribution >= 4 is 33.6 Å². The molecule has 0 saturated heterocycles. The maximum absolute atomic E-state index is 13.7. The first kappa shape index (κ1) is 20.9. The van der Waals surface area contributed by atoms with Crippen molar-refractivity contribution in [1.82, 2.24) is 9.97 Å². The highest BCUT2D eigenvalue weighted by molar-refractivity contribution is 7.11. The number of para-hydroxylation sites is 1. The highest BCUT2D eigenvalue weighted by atomic mass is 32.1. The van der Waals surface area contributed by atoms with Crippen LogP contribution >= 0.6 is 11.3 Å². The van der Waals surface area contributed by atoms with Gasteiger partial charge in [0.05, 0.1) is 16.8 Å². The van der Waals surface area contributed by atoms with E-state index < -0.39 is 11.7 Å². The standard InChI is InChI=1S/C26H16F3N3S/c1-16-12-13-22(19(15-16)23-11-6-14-33-23)31-25-18-8-3-5-10-21(18)30-24(32-25)17-7-2-4-9-20(17)26(27,28)29/h2-12,14-15H,1H2,(H,30,31,32). The lowest BCUT2D eigenvalue weighted by atomic mass is 10.0. The second-order valence-electron chi connectivity index (χ2n) is 7.36. The van der Waals surface area contributed by atoms with E-state index >= 15 is 0 Å². The van der Waals surface area contributed by atoms with Crippen LogP contribution in [0.25, 0.3) is 27.9 Å². The molecule has 2 aromatic carbocycles. The molecule has 0 spiro atoms. The van der Waals surface area contributed by atoms with E-state index in [9.17, 15) is 13.2 Å². The number of allylic oxidation sites excluding steroid dienone is 3. The Morgan fingerprint density at radius 1 is 0.939 bits per heavy atom. The number of aromatic nitrogens is 2. The molecule has 0 aliphatic heterocycles. The average Bonchev–Trinajstić information content (AvgIpc) is 3.34. The number of hydrogen-bond acceptors (Lipinski definition) is 4. The minimum atomic E-state index is -4.52. The van der Waals surface area contributed by atoms with Crippen LogP contribution in [0.1, 0.15) is 10.4 Å². The van der Waals surface area contributed by atoms with Gasteiger partial charge in [-0.1, -0.05) is 48.7 Å². The zero-order valence-electron chi connectivity index (χ0n) is 17.1. The number of anilines is 1. The lowest BCUT2D eigenvalue weighted by Crippen LogP contribution is -2.10. The van der Waals surface area contributed by atoms with Gasteiger partial charge in [-0.25, -0.2) is 9.97 Å². The van der Waals surface area contributed by atoms with Crippen molar-refractivity contribution in [1.29, 1.82) is 0 Å². The smallest absolute Gasteiger partial charge is 0.333 e. The lowest BCUT2D eigenvalue weighted by Gasteiger charge is -2.17. The van der Waals surface area contributed by atoms with Gasteiger partial charge in [0.25, 0.3) is 0 Å². The van der Waals surface area contributed by atoms with E-state index in [1.165, 1.54) is 12.1 Å². The molecule has 162 valence electrons. The third kappa shape index (κ3) is 4.12. The molecule has 3 nitrogen and oxygen atoms in total. The van der Waals surface area contributed by atoms with E-state index in [0.29, 0.717) is 22.4 Å². The summed E-state index contributed by atoms with van der Waals surface area (Å²) in [5.74, 6) is 0.397. The topological polar surface area (TPSA) is 37.8 Å². The number of alkyl halides is 3. The number of benzene rings is 2. The van der Waals surface area contributed by atoms with E-state index in [0.717, 1.165) is 22.1 Å². The average molecular weight is 459 g/mol. The zero-order valence-corrected chi connectivity index (χ0v) is 18.0. The van der Waals surface area contributed by atoms with Gasteiger partial charge in [0.2, 0.25) is 0 Å². The maximum Gasteiger partial charge on any atom is 0.417 e. The van der Waals surface area contributed by atoms with E-state index in [4.69, 9.17) is 0 Å². The molecule has 0 saturated carbocycles. The lowest BCUT2D eigenvalue weighted by molar-refractivity contribution is -0.137. The van der Waals surface area contributed by atoms with Crippen LogP contribution in [0.15, 0.2) is 102 Å². The molecule has 0 fully saturated rings. The van der Waals surface area contributed by atoms with E-state index in [1.807, 2.05) is 35.7 Å². The SMILES string of the molecule is C=C1C=C=C(Nc2nc(-c3ccccc3C(F)(F)F)nc3ccccc23)C(c2cccs2)=C1. The van der Waals surface area contributed by atoms with Crippen LogP contribution < -0.4 is 5.32 Å². The van der Waals surface area contributed by atoms with E-state index in [-0.39, 0.29) is 11.4 Å². The molecule has 5 rings (SSSR count). The van der Waals surface area contributed by atoms with Crippen molar-refractivity contribution in [3.63, 3.8) is 0 Å². The monoisotopic (exact) mass is 459 g/mol. The molecule has 4 aromatic rings. The van der Waals surface area contributed by atoms with Crippen LogP contribution in [0.4, 0.5) is 19.0 Å². The van der Waals surface area contributed by atoms with Gasteiger partial charge < -0.3 is 5.32 Å². The third-order valence-corrected chi connectivity index (χ3v) is 6.01. The van der Waals surface area contributed by atoms with Crippen LogP contribution in [0, 0.1) is 0 Å². The highest BCUT2D eigenvalue weighted by Gasteiger charge is 2.34. The molecule has 0 bridgehead atoms. The summed E-state index contributed by atoms with van der Waals surface area (Å²) < 4.78 is 41.0. The number of thiophene rings is 1. The zero-order chi connectivity index (χ0) is 23.0. The van der Waals surface area contributed by atoms with E-state index in [1.54, 1.807) is 35.6 Å². The second-order valence-corrected chi connectivity index (χ2v) is 8.30. The van der Waals surface area contributed by atoms with Crippen molar-refractivity contribution in [3.8, 4) is 11.4 Å². The van der Waals surface area contributed by atoms with Crippen LogP contribution in [0.2, 0.25) is 0 Å². The Balaban J connectivity index is 1.67. The van der Waals surface area contributed by atoms with Crippen LogP contribution in [0.3, 0.4) is 0 Å². The van der Waals surface area contributed by atoms with Gasteiger partial charge in [-0.05, 0) is 47.4 Å². The van der Waals surface area contributed by atoms with Crippen molar-refractivity contribution in [2.24, 2.45) is 0 Å². The van der Waals surface area contributed by atoms with Crippen molar-refractivity contribution < 1.29 is 13.2 Å². The fourth-order valence-electron chi connectivity index (χ4n) is 3.61. The Morgan fingerprint density at radius 3 is 2.52 bits per heavy atom. The Morgan fingerprint density at radius 2 is 1.73 bits per heavy atom. The molecule has 0 radical (unpaired) electrons. The Bertz CT molecular complexity index is 1470. The number of fused-ring (bicyclic) bond motifs is 1. The highest BCUT2D eigenvalue weighted by Crippen LogP contribution is 2.38. The largest absolute Gasteiger partial charge is 0.417 e. The summed E-state index contributed by atoms with van der Waals surface area (Å²) in [6, 6.07) is 16.5.